The van der Waals surface area contributed by atoms with Gasteiger partial charge < -0.3 is 4.74 Å². The summed E-state index contributed by atoms with van der Waals surface area (Å²) < 4.78 is 19.4. The molecule has 1 amide bonds. The molecule has 1 aliphatic rings. The van der Waals surface area contributed by atoms with E-state index in [0.29, 0.717) is 35.8 Å². The molecule has 27 heavy (non-hydrogen) atoms. The van der Waals surface area contributed by atoms with Crippen molar-refractivity contribution in [1.29, 1.82) is 0 Å². The van der Waals surface area contributed by atoms with Crippen molar-refractivity contribution in [1.82, 2.24) is 10.2 Å². The minimum absolute atomic E-state index is 0.117. The maximum atomic E-state index is 13.9. The predicted octanol–water partition coefficient (Wildman–Crippen LogP) is 4.80. The van der Waals surface area contributed by atoms with Crippen molar-refractivity contribution in [2.24, 2.45) is 0 Å². The summed E-state index contributed by atoms with van der Waals surface area (Å²) in [7, 11) is 0. The molecule has 1 saturated heterocycles. The molecule has 6 heteroatoms. The number of hydrogen-bond donors (Lipinski definition) is 1. The van der Waals surface area contributed by atoms with Crippen LogP contribution in [-0.4, -0.2) is 30.2 Å². The zero-order chi connectivity index (χ0) is 19.2. The number of carbonyl (C=O) groups excluding carboxylic acids is 1. The van der Waals surface area contributed by atoms with E-state index in [4.69, 9.17) is 16.3 Å². The third-order valence-electron chi connectivity index (χ3n) is 4.66. The zero-order valence-corrected chi connectivity index (χ0v) is 15.8. The van der Waals surface area contributed by atoms with E-state index in [1.807, 2.05) is 0 Å². The summed E-state index contributed by atoms with van der Waals surface area (Å²) in [6, 6.07) is 11.8. The number of hydrogen-bond acceptors (Lipinski definition) is 3. The van der Waals surface area contributed by atoms with E-state index in [9.17, 15) is 9.18 Å². The van der Waals surface area contributed by atoms with Crippen molar-refractivity contribution in [3.63, 3.8) is 0 Å². The quantitative estimate of drug-likeness (QED) is 0.798. The lowest BCUT2D eigenvalue weighted by molar-refractivity contribution is 0.0998. The number of rotatable bonds is 5. The van der Waals surface area contributed by atoms with Crippen LogP contribution in [0, 0.1) is 12.7 Å². The van der Waals surface area contributed by atoms with Gasteiger partial charge in [0.1, 0.15) is 11.6 Å². The Bertz CT molecular complexity index is 782. The van der Waals surface area contributed by atoms with Gasteiger partial charge >= 0.3 is 6.09 Å². The van der Waals surface area contributed by atoms with Gasteiger partial charge in [-0.2, -0.15) is 0 Å². The van der Waals surface area contributed by atoms with Crippen LogP contribution in [0.3, 0.4) is 0 Å². The van der Waals surface area contributed by atoms with Crippen LogP contribution in [0.1, 0.15) is 30.4 Å². The van der Waals surface area contributed by atoms with Crippen LogP contribution in [0.2, 0.25) is 5.02 Å². The monoisotopic (exact) mass is 389 g/mol. The van der Waals surface area contributed by atoms with E-state index in [1.54, 1.807) is 41.3 Å². The molecule has 2 aromatic carbocycles. The molecule has 1 unspecified atom stereocenters. The second-order valence-electron chi connectivity index (χ2n) is 6.66. The highest BCUT2D eigenvalue weighted by molar-refractivity contribution is 6.30. The lowest BCUT2D eigenvalue weighted by Gasteiger charge is -2.35. The van der Waals surface area contributed by atoms with Gasteiger partial charge in [0.15, 0.2) is 0 Å². The number of nitrogens with zero attached hydrogens (tertiary/aromatic N) is 1. The van der Waals surface area contributed by atoms with Crippen LogP contribution < -0.4 is 10.1 Å². The Kier molecular flexibility index (Phi) is 6.69. The Labute approximate surface area is 164 Å². The number of carbonyl (C=O) groups is 1. The Morgan fingerprint density at radius 1 is 1.26 bits per heavy atom. The standard InChI is InChI=1S/C21H23ClFN2O2/c1-15-5-9-18(10-6-15)27-21(26)25-13-3-2-4-20(25)24-12-11-16-7-8-17(22)14-19(16)23/h5-10,14,20,24H,1-4,11-13H2. The van der Waals surface area contributed by atoms with Gasteiger partial charge in [-0.15, -0.1) is 0 Å². The van der Waals surface area contributed by atoms with Gasteiger partial charge in [0.25, 0.3) is 0 Å². The summed E-state index contributed by atoms with van der Waals surface area (Å²) in [5.41, 5.74) is 1.46. The molecule has 4 nitrogen and oxygen atoms in total. The molecule has 1 radical (unpaired) electrons. The Hall–Kier alpha value is -2.11. The minimum atomic E-state index is -0.373. The summed E-state index contributed by atoms with van der Waals surface area (Å²) >= 11 is 5.78. The molecule has 3 rings (SSSR count). The second-order valence-corrected chi connectivity index (χ2v) is 7.09. The van der Waals surface area contributed by atoms with Gasteiger partial charge in [0, 0.05) is 18.1 Å². The van der Waals surface area contributed by atoms with Crippen molar-refractivity contribution in [2.45, 2.75) is 31.8 Å². The van der Waals surface area contributed by atoms with E-state index < -0.39 is 0 Å². The fourth-order valence-electron chi connectivity index (χ4n) is 3.18. The number of ether oxygens (including phenoxy) is 1. The van der Waals surface area contributed by atoms with Gasteiger partial charge in [-0.3, -0.25) is 10.2 Å². The molecule has 0 spiro atoms. The first-order valence-corrected chi connectivity index (χ1v) is 9.48. The van der Waals surface area contributed by atoms with Crippen molar-refractivity contribution >= 4 is 17.7 Å². The average molecular weight is 390 g/mol. The second kappa shape index (κ2) is 9.20. The first kappa shape index (κ1) is 19.6. The van der Waals surface area contributed by atoms with E-state index in [0.717, 1.165) is 24.8 Å². The van der Waals surface area contributed by atoms with Crippen LogP contribution >= 0.6 is 11.6 Å². The number of amides is 1. The molecule has 1 N–H and O–H groups in total. The van der Waals surface area contributed by atoms with E-state index >= 15 is 0 Å². The van der Waals surface area contributed by atoms with Crippen molar-refractivity contribution in [3.8, 4) is 5.75 Å². The molecule has 2 aromatic rings. The number of nitrogens with one attached hydrogen (secondary N) is 1. The van der Waals surface area contributed by atoms with Crippen LogP contribution in [0.5, 0.6) is 5.75 Å². The van der Waals surface area contributed by atoms with Crippen LogP contribution in [0.25, 0.3) is 0 Å². The number of halogens is 2. The third kappa shape index (κ3) is 5.44. The van der Waals surface area contributed by atoms with Crippen molar-refractivity contribution < 1.29 is 13.9 Å². The SMILES string of the molecule is [CH2]c1ccc(OC(=O)N2CCCCC2NCCc2ccc(Cl)cc2F)cc1. The molecule has 1 aliphatic heterocycles. The molecule has 1 heterocycles. The van der Waals surface area contributed by atoms with E-state index in [1.165, 1.54) is 6.07 Å². The highest BCUT2D eigenvalue weighted by atomic mass is 35.5. The summed E-state index contributed by atoms with van der Waals surface area (Å²) in [6.45, 7) is 5.01. The molecule has 0 bridgehead atoms. The molecular formula is C21H23ClFN2O2. The predicted molar refractivity (Wildman–Crippen MR) is 104 cm³/mol. The smallest absolute Gasteiger partial charge is 0.410 e. The van der Waals surface area contributed by atoms with Gasteiger partial charge in [0.05, 0.1) is 6.17 Å². The number of likely N-dealkylation sites (tertiary alicyclic amines) is 1. The minimum Gasteiger partial charge on any atom is -0.410 e. The molecular weight excluding hydrogens is 367 g/mol. The van der Waals surface area contributed by atoms with Gasteiger partial charge in [-0.05, 0) is 68.0 Å². The normalized spacial score (nSPS) is 17.0. The van der Waals surface area contributed by atoms with Crippen molar-refractivity contribution in [2.75, 3.05) is 13.1 Å². The first-order chi connectivity index (χ1) is 13.0. The van der Waals surface area contributed by atoms with Gasteiger partial charge in [0.2, 0.25) is 0 Å². The summed E-state index contributed by atoms with van der Waals surface area (Å²) in [6.07, 6.45) is 2.85. The van der Waals surface area contributed by atoms with Crippen LogP contribution in [-0.2, 0) is 6.42 Å². The molecule has 0 saturated carbocycles. The highest BCUT2D eigenvalue weighted by Crippen LogP contribution is 2.19. The topological polar surface area (TPSA) is 41.6 Å². The fraction of sp³-hybridized carbons (Fsp3) is 0.333. The lowest BCUT2D eigenvalue weighted by Crippen LogP contribution is -2.52. The Balaban J connectivity index is 1.56. The summed E-state index contributed by atoms with van der Waals surface area (Å²) in [4.78, 5) is 14.3. The van der Waals surface area contributed by atoms with Gasteiger partial charge in [-0.25, -0.2) is 9.18 Å². The molecule has 1 atom stereocenters. The Morgan fingerprint density at radius 2 is 2.04 bits per heavy atom. The summed E-state index contributed by atoms with van der Waals surface area (Å²) in [5.74, 6) is 0.193. The largest absolute Gasteiger partial charge is 0.416 e. The number of benzene rings is 2. The number of piperidine rings is 1. The molecule has 143 valence electrons. The van der Waals surface area contributed by atoms with E-state index in [2.05, 4.69) is 12.2 Å². The molecule has 0 aromatic heterocycles. The maximum absolute atomic E-state index is 13.9. The molecule has 0 aliphatic carbocycles. The average Bonchev–Trinajstić information content (AvgIpc) is 2.66. The van der Waals surface area contributed by atoms with Gasteiger partial charge in [-0.1, -0.05) is 29.8 Å². The lowest BCUT2D eigenvalue weighted by atomic mass is 10.1. The highest BCUT2D eigenvalue weighted by Gasteiger charge is 2.27. The van der Waals surface area contributed by atoms with Crippen molar-refractivity contribution in [3.05, 3.63) is 71.4 Å². The maximum Gasteiger partial charge on any atom is 0.416 e. The third-order valence-corrected chi connectivity index (χ3v) is 4.89. The van der Waals surface area contributed by atoms with Crippen LogP contribution in [0.4, 0.5) is 9.18 Å². The Morgan fingerprint density at radius 3 is 2.78 bits per heavy atom. The summed E-state index contributed by atoms with van der Waals surface area (Å²) in [5, 5.41) is 3.74. The van der Waals surface area contributed by atoms with E-state index in [-0.39, 0.29) is 18.1 Å². The fourth-order valence-corrected chi connectivity index (χ4v) is 3.34. The van der Waals surface area contributed by atoms with Crippen LogP contribution in [0.15, 0.2) is 42.5 Å². The molecule has 1 fully saturated rings. The first-order valence-electron chi connectivity index (χ1n) is 9.11. The zero-order valence-electron chi connectivity index (χ0n) is 15.1.